The monoisotopic (exact) mass is 336 g/mol. The first kappa shape index (κ1) is 14.1. The van der Waals surface area contributed by atoms with Crippen molar-refractivity contribution in [2.45, 2.75) is 11.8 Å². The maximum absolute atomic E-state index is 12.1. The number of hydrogen-bond donors (Lipinski definition) is 1. The molecule has 1 heterocycles. The standard InChI is InChI=1S/C14H13BrN2OS/c1-9-7-11(15)8-16-13(9)17-14(18)10-3-5-12(19-2)6-4-10/h3-8H,1-2H3,(H,16,17,18). The van der Waals surface area contributed by atoms with Crippen molar-refractivity contribution in [2.75, 3.05) is 11.6 Å². The highest BCUT2D eigenvalue weighted by Crippen LogP contribution is 2.19. The highest BCUT2D eigenvalue weighted by molar-refractivity contribution is 9.10. The minimum Gasteiger partial charge on any atom is -0.306 e. The highest BCUT2D eigenvalue weighted by Gasteiger charge is 2.08. The molecule has 19 heavy (non-hydrogen) atoms. The maximum atomic E-state index is 12.1. The van der Waals surface area contributed by atoms with Crippen molar-refractivity contribution in [1.29, 1.82) is 0 Å². The number of thioether (sulfide) groups is 1. The summed E-state index contributed by atoms with van der Waals surface area (Å²) in [5.74, 6) is 0.438. The largest absolute Gasteiger partial charge is 0.306 e. The van der Waals surface area contributed by atoms with Crippen LogP contribution in [0.2, 0.25) is 0 Å². The SMILES string of the molecule is CSc1ccc(C(=O)Nc2ncc(Br)cc2C)cc1. The number of pyridine rings is 1. The van der Waals surface area contributed by atoms with E-state index < -0.39 is 0 Å². The number of carbonyl (C=O) groups is 1. The second kappa shape index (κ2) is 6.21. The van der Waals surface area contributed by atoms with Crippen molar-refractivity contribution in [3.8, 4) is 0 Å². The van der Waals surface area contributed by atoms with Gasteiger partial charge in [0.2, 0.25) is 0 Å². The molecule has 1 amide bonds. The molecule has 1 aromatic heterocycles. The van der Waals surface area contributed by atoms with E-state index in [0.29, 0.717) is 11.4 Å². The fourth-order valence-electron chi connectivity index (χ4n) is 1.59. The van der Waals surface area contributed by atoms with E-state index >= 15 is 0 Å². The molecule has 2 aromatic rings. The van der Waals surface area contributed by atoms with Crippen molar-refractivity contribution in [1.82, 2.24) is 4.98 Å². The van der Waals surface area contributed by atoms with Crippen LogP contribution in [-0.2, 0) is 0 Å². The van der Waals surface area contributed by atoms with Crippen molar-refractivity contribution in [2.24, 2.45) is 0 Å². The Morgan fingerprint density at radius 1 is 1.32 bits per heavy atom. The van der Waals surface area contributed by atoms with E-state index in [0.717, 1.165) is 14.9 Å². The van der Waals surface area contributed by atoms with E-state index in [2.05, 4.69) is 26.2 Å². The normalized spacial score (nSPS) is 10.3. The zero-order chi connectivity index (χ0) is 13.8. The molecule has 0 radical (unpaired) electrons. The third-order valence-electron chi connectivity index (χ3n) is 2.63. The lowest BCUT2D eigenvalue weighted by atomic mass is 10.2. The number of nitrogens with one attached hydrogen (secondary N) is 1. The van der Waals surface area contributed by atoms with Gasteiger partial charge in [0.15, 0.2) is 0 Å². The van der Waals surface area contributed by atoms with Crippen LogP contribution in [0.4, 0.5) is 5.82 Å². The molecule has 1 N–H and O–H groups in total. The molecular formula is C14H13BrN2OS. The molecule has 0 spiro atoms. The quantitative estimate of drug-likeness (QED) is 0.857. The molecule has 5 heteroatoms. The minimum absolute atomic E-state index is 0.148. The van der Waals surface area contributed by atoms with Crippen LogP contribution in [-0.4, -0.2) is 17.1 Å². The first-order chi connectivity index (χ1) is 9.10. The van der Waals surface area contributed by atoms with Gasteiger partial charge in [-0.05, 0) is 65.0 Å². The Bertz CT molecular complexity index is 599. The van der Waals surface area contributed by atoms with Crippen LogP contribution < -0.4 is 5.32 Å². The number of nitrogens with zero attached hydrogens (tertiary/aromatic N) is 1. The number of anilines is 1. The molecule has 0 atom stereocenters. The van der Waals surface area contributed by atoms with Gasteiger partial charge in [-0.1, -0.05) is 0 Å². The molecule has 0 aliphatic heterocycles. The number of amides is 1. The number of aromatic nitrogens is 1. The highest BCUT2D eigenvalue weighted by atomic mass is 79.9. The van der Waals surface area contributed by atoms with Crippen molar-refractivity contribution in [3.05, 3.63) is 52.1 Å². The molecule has 1 aromatic carbocycles. The van der Waals surface area contributed by atoms with Gasteiger partial charge in [0.25, 0.3) is 5.91 Å². The third kappa shape index (κ3) is 3.58. The molecule has 0 saturated carbocycles. The van der Waals surface area contributed by atoms with E-state index in [9.17, 15) is 4.79 Å². The molecule has 0 bridgehead atoms. The first-order valence-corrected chi connectivity index (χ1v) is 7.69. The molecule has 0 aliphatic carbocycles. The van der Waals surface area contributed by atoms with Gasteiger partial charge in [0, 0.05) is 21.1 Å². The summed E-state index contributed by atoms with van der Waals surface area (Å²) in [6.45, 7) is 1.91. The predicted molar refractivity (Wildman–Crippen MR) is 82.9 cm³/mol. The van der Waals surface area contributed by atoms with E-state index in [1.54, 1.807) is 18.0 Å². The average molecular weight is 337 g/mol. The topological polar surface area (TPSA) is 42.0 Å². The van der Waals surface area contributed by atoms with E-state index in [1.165, 1.54) is 0 Å². The zero-order valence-electron chi connectivity index (χ0n) is 10.6. The number of aryl methyl sites for hydroxylation is 1. The molecule has 0 saturated heterocycles. The molecule has 3 nitrogen and oxygen atoms in total. The molecule has 0 aliphatic rings. The Morgan fingerprint density at radius 3 is 2.58 bits per heavy atom. The summed E-state index contributed by atoms with van der Waals surface area (Å²) in [5.41, 5.74) is 1.55. The third-order valence-corrected chi connectivity index (χ3v) is 3.81. The second-order valence-electron chi connectivity index (χ2n) is 4.00. The van der Waals surface area contributed by atoms with Crippen LogP contribution in [0.5, 0.6) is 0 Å². The van der Waals surface area contributed by atoms with Gasteiger partial charge >= 0.3 is 0 Å². The Morgan fingerprint density at radius 2 is 2.00 bits per heavy atom. The van der Waals surface area contributed by atoms with Crippen LogP contribution in [0.25, 0.3) is 0 Å². The molecular weight excluding hydrogens is 324 g/mol. The summed E-state index contributed by atoms with van der Waals surface area (Å²) < 4.78 is 0.896. The van der Waals surface area contributed by atoms with E-state index in [-0.39, 0.29) is 5.91 Å². The van der Waals surface area contributed by atoms with Crippen molar-refractivity contribution in [3.63, 3.8) is 0 Å². The summed E-state index contributed by atoms with van der Waals surface area (Å²) in [6.07, 6.45) is 3.67. The Balaban J connectivity index is 2.15. The first-order valence-electron chi connectivity index (χ1n) is 5.67. The predicted octanol–water partition coefficient (Wildman–Crippen LogP) is 4.13. The number of halogens is 1. The molecule has 2 rings (SSSR count). The minimum atomic E-state index is -0.148. The summed E-state index contributed by atoms with van der Waals surface area (Å²) in [6, 6.07) is 9.41. The molecule has 98 valence electrons. The van der Waals surface area contributed by atoms with Crippen LogP contribution >= 0.6 is 27.7 Å². The van der Waals surface area contributed by atoms with Crippen molar-refractivity contribution >= 4 is 39.4 Å². The maximum Gasteiger partial charge on any atom is 0.256 e. The van der Waals surface area contributed by atoms with E-state index in [4.69, 9.17) is 0 Å². The Hall–Kier alpha value is -1.33. The smallest absolute Gasteiger partial charge is 0.256 e. The summed E-state index contributed by atoms with van der Waals surface area (Å²) in [4.78, 5) is 17.4. The van der Waals surface area contributed by atoms with E-state index in [1.807, 2.05) is 43.5 Å². The Labute approximate surface area is 125 Å². The van der Waals surface area contributed by atoms with Crippen LogP contribution in [0.3, 0.4) is 0 Å². The van der Waals surface area contributed by atoms with Crippen LogP contribution in [0, 0.1) is 6.92 Å². The average Bonchev–Trinajstić information content (AvgIpc) is 2.42. The van der Waals surface area contributed by atoms with Crippen LogP contribution in [0.15, 0.2) is 45.9 Å². The summed E-state index contributed by atoms with van der Waals surface area (Å²) in [5, 5.41) is 2.81. The van der Waals surface area contributed by atoms with Gasteiger partial charge in [0.05, 0.1) is 0 Å². The molecule has 0 fully saturated rings. The van der Waals surface area contributed by atoms with Crippen molar-refractivity contribution < 1.29 is 4.79 Å². The van der Waals surface area contributed by atoms with Gasteiger partial charge in [-0.25, -0.2) is 4.98 Å². The summed E-state index contributed by atoms with van der Waals surface area (Å²) >= 11 is 4.99. The lowest BCUT2D eigenvalue weighted by Crippen LogP contribution is -2.13. The summed E-state index contributed by atoms with van der Waals surface area (Å²) in [7, 11) is 0. The van der Waals surface area contributed by atoms with Crippen LogP contribution in [0.1, 0.15) is 15.9 Å². The van der Waals surface area contributed by atoms with Gasteiger partial charge in [-0.2, -0.15) is 0 Å². The van der Waals surface area contributed by atoms with Gasteiger partial charge in [-0.3, -0.25) is 4.79 Å². The second-order valence-corrected chi connectivity index (χ2v) is 5.80. The zero-order valence-corrected chi connectivity index (χ0v) is 13.0. The Kier molecular flexibility index (Phi) is 4.61. The fraction of sp³-hybridized carbons (Fsp3) is 0.143. The van der Waals surface area contributed by atoms with Gasteiger partial charge in [0.1, 0.15) is 5.82 Å². The number of carbonyl (C=O) groups excluding carboxylic acids is 1. The fourth-order valence-corrected chi connectivity index (χ4v) is 2.45. The lowest BCUT2D eigenvalue weighted by Gasteiger charge is -2.08. The number of benzene rings is 1. The number of rotatable bonds is 3. The van der Waals surface area contributed by atoms with Gasteiger partial charge < -0.3 is 5.32 Å². The lowest BCUT2D eigenvalue weighted by molar-refractivity contribution is 0.102. The number of hydrogen-bond acceptors (Lipinski definition) is 3. The molecule has 0 unspecified atom stereocenters. The van der Waals surface area contributed by atoms with Gasteiger partial charge in [-0.15, -0.1) is 11.8 Å².